The van der Waals surface area contributed by atoms with Crippen LogP contribution in [0, 0.1) is 0 Å². The smallest absolute Gasteiger partial charge is 0.231 e. The third kappa shape index (κ3) is 2.34. The minimum absolute atomic E-state index is 0.774. The molecule has 0 atom stereocenters. The van der Waals surface area contributed by atoms with Crippen LogP contribution in [0.2, 0.25) is 0 Å². The largest absolute Gasteiger partial charge is 0.254 e. The Morgan fingerprint density at radius 1 is 1.12 bits per heavy atom. The second kappa shape index (κ2) is 5.73. The summed E-state index contributed by atoms with van der Waals surface area (Å²) in [5, 5.41) is 15.7. The van der Waals surface area contributed by atoms with E-state index in [-0.39, 0.29) is 0 Å². The number of hydrogen-bond acceptors (Lipinski definition) is 6. The predicted octanol–water partition coefficient (Wildman–Crippen LogP) is 4.69. The Bertz CT molecular complexity index is 1120. The van der Waals surface area contributed by atoms with Gasteiger partial charge in [-0.2, -0.15) is 11.3 Å². The Balaban J connectivity index is 1.43. The Hall–Kier alpha value is -2.16. The van der Waals surface area contributed by atoms with Crippen LogP contribution in [0.3, 0.4) is 0 Å². The fourth-order valence-electron chi connectivity index (χ4n) is 2.57. The Kier molecular flexibility index (Phi) is 3.39. The van der Waals surface area contributed by atoms with Gasteiger partial charge in [-0.05, 0) is 23.6 Å². The molecule has 0 bridgehead atoms. The number of benzene rings is 1. The van der Waals surface area contributed by atoms with Crippen molar-refractivity contribution in [3.05, 3.63) is 52.2 Å². The Morgan fingerprint density at radius 3 is 3.00 bits per heavy atom. The molecule has 1 aromatic carbocycles. The van der Waals surface area contributed by atoms with Gasteiger partial charge in [-0.25, -0.2) is 15.1 Å². The summed E-state index contributed by atoms with van der Waals surface area (Å²) in [5.41, 5.74) is 4.32. The van der Waals surface area contributed by atoms with Crippen molar-refractivity contribution in [2.75, 3.05) is 0 Å². The molecule has 0 aliphatic heterocycles. The molecule has 0 saturated carbocycles. The SMILES string of the molecule is c1ccc2c(c1)nc1[nH]nc(SCc3csc(-c4ccsc4)n3)n12. The topological polar surface area (TPSA) is 58.9 Å². The Morgan fingerprint density at radius 2 is 2.08 bits per heavy atom. The zero-order chi connectivity index (χ0) is 15.9. The molecular formula is C16H11N5S3. The van der Waals surface area contributed by atoms with Crippen molar-refractivity contribution in [2.45, 2.75) is 10.9 Å². The first kappa shape index (κ1) is 14.2. The number of nitrogens with one attached hydrogen (secondary N) is 1. The van der Waals surface area contributed by atoms with Crippen LogP contribution in [-0.4, -0.2) is 24.6 Å². The number of aromatic amines is 1. The summed E-state index contributed by atoms with van der Waals surface area (Å²) < 4.78 is 2.06. The molecule has 0 unspecified atom stereocenters. The predicted molar refractivity (Wildman–Crippen MR) is 99.8 cm³/mol. The average molecular weight is 370 g/mol. The van der Waals surface area contributed by atoms with Crippen LogP contribution >= 0.6 is 34.4 Å². The molecule has 0 amide bonds. The number of imidazole rings is 1. The van der Waals surface area contributed by atoms with Crippen LogP contribution in [0.1, 0.15) is 5.69 Å². The molecule has 0 fully saturated rings. The van der Waals surface area contributed by atoms with Gasteiger partial charge >= 0.3 is 0 Å². The van der Waals surface area contributed by atoms with E-state index in [9.17, 15) is 0 Å². The maximum Gasteiger partial charge on any atom is 0.231 e. The molecule has 0 aliphatic carbocycles. The number of rotatable bonds is 4. The molecule has 0 aliphatic rings. The van der Waals surface area contributed by atoms with Gasteiger partial charge < -0.3 is 0 Å². The molecule has 4 heterocycles. The van der Waals surface area contributed by atoms with Crippen LogP contribution in [-0.2, 0) is 5.75 Å². The second-order valence-electron chi connectivity index (χ2n) is 5.21. The van der Waals surface area contributed by atoms with Crippen LogP contribution in [0.5, 0.6) is 0 Å². The summed E-state index contributed by atoms with van der Waals surface area (Å²) in [4.78, 5) is 9.27. The van der Waals surface area contributed by atoms with E-state index in [2.05, 4.69) is 47.9 Å². The van der Waals surface area contributed by atoms with E-state index in [0.717, 1.165) is 38.4 Å². The van der Waals surface area contributed by atoms with Crippen molar-refractivity contribution < 1.29 is 0 Å². The number of aromatic nitrogens is 5. The highest BCUT2D eigenvalue weighted by atomic mass is 32.2. The number of fused-ring (bicyclic) bond motifs is 3. The van der Waals surface area contributed by atoms with Gasteiger partial charge in [-0.15, -0.1) is 16.4 Å². The van der Waals surface area contributed by atoms with E-state index in [4.69, 9.17) is 4.98 Å². The van der Waals surface area contributed by atoms with Crippen molar-refractivity contribution in [1.82, 2.24) is 24.6 Å². The number of nitrogens with zero attached hydrogens (tertiary/aromatic N) is 4. The number of hydrogen-bond donors (Lipinski definition) is 1. The lowest BCUT2D eigenvalue weighted by molar-refractivity contribution is 0.939. The molecule has 0 spiro atoms. The summed E-state index contributed by atoms with van der Waals surface area (Å²) in [6.07, 6.45) is 0. The average Bonchev–Trinajstić information content (AvgIpc) is 3.36. The van der Waals surface area contributed by atoms with Crippen molar-refractivity contribution in [3.63, 3.8) is 0 Å². The molecule has 5 aromatic rings. The number of thiophene rings is 1. The number of thiazole rings is 1. The molecule has 0 saturated heterocycles. The maximum absolute atomic E-state index is 4.72. The number of para-hydroxylation sites is 2. The van der Waals surface area contributed by atoms with Crippen molar-refractivity contribution >= 4 is 51.2 Å². The van der Waals surface area contributed by atoms with E-state index in [1.54, 1.807) is 34.4 Å². The molecule has 5 nitrogen and oxygen atoms in total. The van der Waals surface area contributed by atoms with E-state index in [1.165, 1.54) is 5.56 Å². The highest BCUT2D eigenvalue weighted by Crippen LogP contribution is 2.29. The molecule has 8 heteroatoms. The van der Waals surface area contributed by atoms with Gasteiger partial charge in [0.2, 0.25) is 5.78 Å². The quantitative estimate of drug-likeness (QED) is 0.467. The van der Waals surface area contributed by atoms with Crippen molar-refractivity contribution in [2.24, 2.45) is 0 Å². The van der Waals surface area contributed by atoms with Crippen molar-refractivity contribution in [1.29, 1.82) is 0 Å². The summed E-state index contributed by atoms with van der Waals surface area (Å²) in [6, 6.07) is 10.2. The summed E-state index contributed by atoms with van der Waals surface area (Å²) in [5.74, 6) is 1.56. The van der Waals surface area contributed by atoms with E-state index in [1.807, 2.05) is 18.2 Å². The van der Waals surface area contributed by atoms with E-state index < -0.39 is 0 Å². The lowest BCUT2D eigenvalue weighted by Crippen LogP contribution is -1.87. The van der Waals surface area contributed by atoms with Gasteiger partial charge in [0.05, 0.1) is 16.7 Å². The van der Waals surface area contributed by atoms with E-state index in [0.29, 0.717) is 0 Å². The standard InChI is InChI=1S/C16H11N5S3/c1-2-4-13-12(3-1)18-15-19-20-16(21(13)15)24-9-11-8-23-14(17-11)10-5-6-22-7-10/h1-8H,9H2,(H,18,19). The summed E-state index contributed by atoms with van der Waals surface area (Å²) in [6.45, 7) is 0. The fourth-order valence-corrected chi connectivity index (χ4v) is 5.06. The lowest BCUT2D eigenvalue weighted by Gasteiger charge is -1.97. The van der Waals surface area contributed by atoms with Crippen molar-refractivity contribution in [3.8, 4) is 10.6 Å². The van der Waals surface area contributed by atoms with E-state index >= 15 is 0 Å². The number of thioether (sulfide) groups is 1. The first-order valence-corrected chi connectivity index (χ1v) is 10.1. The molecule has 4 aromatic heterocycles. The minimum Gasteiger partial charge on any atom is -0.254 e. The molecule has 5 rings (SSSR count). The zero-order valence-corrected chi connectivity index (χ0v) is 14.8. The zero-order valence-electron chi connectivity index (χ0n) is 12.3. The first-order chi connectivity index (χ1) is 11.9. The molecular weight excluding hydrogens is 358 g/mol. The van der Waals surface area contributed by atoms with Gasteiger partial charge in [0.15, 0.2) is 5.16 Å². The highest BCUT2D eigenvalue weighted by molar-refractivity contribution is 7.98. The van der Waals surface area contributed by atoms with Crippen LogP contribution < -0.4 is 0 Å². The minimum atomic E-state index is 0.774. The molecule has 1 N–H and O–H groups in total. The lowest BCUT2D eigenvalue weighted by atomic mass is 10.3. The van der Waals surface area contributed by atoms with Gasteiger partial charge in [0.1, 0.15) is 5.01 Å². The van der Waals surface area contributed by atoms with Crippen LogP contribution in [0.15, 0.2) is 51.6 Å². The second-order valence-corrected chi connectivity index (χ2v) is 7.79. The Labute approximate surface area is 149 Å². The normalized spacial score (nSPS) is 11.7. The fraction of sp³-hybridized carbons (Fsp3) is 0.0625. The number of H-pyrrole nitrogens is 1. The van der Waals surface area contributed by atoms with Gasteiger partial charge in [0, 0.05) is 22.1 Å². The van der Waals surface area contributed by atoms with Crippen LogP contribution in [0.25, 0.3) is 27.4 Å². The maximum atomic E-state index is 4.72. The molecule has 24 heavy (non-hydrogen) atoms. The van der Waals surface area contributed by atoms with Crippen LogP contribution in [0.4, 0.5) is 0 Å². The third-order valence-electron chi connectivity index (χ3n) is 3.67. The van der Waals surface area contributed by atoms with Gasteiger partial charge in [-0.1, -0.05) is 23.9 Å². The first-order valence-electron chi connectivity index (χ1n) is 7.30. The van der Waals surface area contributed by atoms with Gasteiger partial charge in [0.25, 0.3) is 0 Å². The molecule has 0 radical (unpaired) electrons. The van der Waals surface area contributed by atoms with Gasteiger partial charge in [-0.3, -0.25) is 4.40 Å². The highest BCUT2D eigenvalue weighted by Gasteiger charge is 2.13. The molecule has 118 valence electrons. The summed E-state index contributed by atoms with van der Waals surface area (Å²) >= 11 is 5.05. The monoisotopic (exact) mass is 369 g/mol. The third-order valence-corrected chi connectivity index (χ3v) is 6.27. The summed E-state index contributed by atoms with van der Waals surface area (Å²) in [7, 11) is 0.